The van der Waals surface area contributed by atoms with Gasteiger partial charge in [-0.15, -0.1) is 0 Å². The number of hydrogen-bond donors (Lipinski definition) is 3. The molecule has 116 valence electrons. The third-order valence-corrected chi connectivity index (χ3v) is 3.41. The lowest BCUT2D eigenvalue weighted by molar-refractivity contribution is -0.117. The molecule has 0 fully saturated rings. The first-order valence-electron chi connectivity index (χ1n) is 6.78. The van der Waals surface area contributed by atoms with Gasteiger partial charge in [-0.1, -0.05) is 41.9 Å². The third-order valence-electron chi connectivity index (χ3n) is 3.04. The van der Waals surface area contributed by atoms with E-state index in [2.05, 4.69) is 10.6 Å². The second kappa shape index (κ2) is 7.87. The predicted molar refractivity (Wildman–Crippen MR) is 88.7 cm³/mol. The maximum Gasteiger partial charge on any atom is 0.263 e. The fourth-order valence-corrected chi connectivity index (χ4v) is 2.01. The van der Waals surface area contributed by atoms with Crippen molar-refractivity contribution >= 4 is 23.2 Å². The Morgan fingerprint density at radius 2 is 1.91 bits per heavy atom. The number of carbonyl (C=O) groups is 1. The molecule has 6 heteroatoms. The van der Waals surface area contributed by atoms with Crippen LogP contribution in [-0.4, -0.2) is 11.0 Å². The number of aromatic hydroxyl groups is 1. The molecule has 0 aliphatic carbocycles. The van der Waals surface area contributed by atoms with Crippen molar-refractivity contribution in [3.63, 3.8) is 0 Å². The molecule has 0 aliphatic heterocycles. The maximum atomic E-state index is 12.0. The Morgan fingerprint density at radius 1 is 1.22 bits per heavy atom. The molecule has 0 radical (unpaired) electrons. The monoisotopic (exact) mass is 327 g/mol. The molecule has 0 saturated heterocycles. The van der Waals surface area contributed by atoms with E-state index in [0.717, 1.165) is 5.56 Å². The van der Waals surface area contributed by atoms with Crippen LogP contribution in [0.15, 0.2) is 60.3 Å². The highest BCUT2D eigenvalue weighted by molar-refractivity contribution is 6.31. The van der Waals surface area contributed by atoms with Crippen LogP contribution >= 0.6 is 11.6 Å². The first-order chi connectivity index (χ1) is 11.1. The summed E-state index contributed by atoms with van der Waals surface area (Å²) in [5.74, 6) is -0.507. The van der Waals surface area contributed by atoms with Crippen molar-refractivity contribution in [2.45, 2.75) is 6.54 Å². The maximum absolute atomic E-state index is 12.0. The topological polar surface area (TPSA) is 85.2 Å². The summed E-state index contributed by atoms with van der Waals surface area (Å²) in [6.07, 6.45) is 1.25. The number of nitrogens with zero attached hydrogens (tertiary/aromatic N) is 1. The number of nitrogens with one attached hydrogen (secondary N) is 2. The number of rotatable bonds is 5. The van der Waals surface area contributed by atoms with Crippen LogP contribution in [0.3, 0.4) is 0 Å². The van der Waals surface area contributed by atoms with E-state index in [1.165, 1.54) is 12.3 Å². The van der Waals surface area contributed by atoms with Gasteiger partial charge in [-0.25, -0.2) is 0 Å². The van der Waals surface area contributed by atoms with E-state index in [0.29, 0.717) is 10.7 Å². The Kier molecular flexibility index (Phi) is 5.61. The van der Waals surface area contributed by atoms with Crippen molar-refractivity contribution in [1.82, 2.24) is 5.32 Å². The fourth-order valence-electron chi connectivity index (χ4n) is 1.81. The highest BCUT2D eigenvalue weighted by Gasteiger charge is 2.09. The number of anilines is 1. The summed E-state index contributed by atoms with van der Waals surface area (Å²) < 4.78 is 0. The van der Waals surface area contributed by atoms with Crippen LogP contribution in [0.5, 0.6) is 5.75 Å². The van der Waals surface area contributed by atoms with E-state index < -0.39 is 5.91 Å². The molecule has 2 aromatic carbocycles. The van der Waals surface area contributed by atoms with Gasteiger partial charge in [-0.05, 0) is 23.8 Å². The van der Waals surface area contributed by atoms with E-state index in [1.54, 1.807) is 36.4 Å². The molecule has 0 aliphatic rings. The third kappa shape index (κ3) is 4.50. The first-order valence-corrected chi connectivity index (χ1v) is 7.16. The molecule has 0 heterocycles. The van der Waals surface area contributed by atoms with Crippen LogP contribution in [0.1, 0.15) is 5.56 Å². The SMILES string of the molecule is N#C/C(=C/Nc1ccccc1O)C(=O)NCc1ccccc1Cl. The zero-order valence-electron chi connectivity index (χ0n) is 12.1. The van der Waals surface area contributed by atoms with Crippen molar-refractivity contribution in [3.05, 3.63) is 70.9 Å². The minimum Gasteiger partial charge on any atom is -0.506 e. The molecule has 0 saturated carbocycles. The smallest absolute Gasteiger partial charge is 0.263 e. The Hall–Kier alpha value is -2.97. The molecule has 3 N–H and O–H groups in total. The van der Waals surface area contributed by atoms with Gasteiger partial charge in [0.15, 0.2) is 0 Å². The van der Waals surface area contributed by atoms with E-state index >= 15 is 0 Å². The van der Waals surface area contributed by atoms with Gasteiger partial charge in [0.1, 0.15) is 17.4 Å². The van der Waals surface area contributed by atoms with E-state index in [-0.39, 0.29) is 17.9 Å². The molecule has 0 aromatic heterocycles. The number of para-hydroxylation sites is 2. The van der Waals surface area contributed by atoms with E-state index in [1.807, 2.05) is 12.1 Å². The zero-order chi connectivity index (χ0) is 16.7. The predicted octanol–water partition coefficient (Wildman–Crippen LogP) is 3.18. The van der Waals surface area contributed by atoms with Crippen LogP contribution in [0.4, 0.5) is 5.69 Å². The quantitative estimate of drug-likeness (QED) is 0.447. The van der Waals surface area contributed by atoms with Crippen molar-refractivity contribution in [2.24, 2.45) is 0 Å². The molecule has 0 spiro atoms. The highest BCUT2D eigenvalue weighted by atomic mass is 35.5. The Bertz CT molecular complexity index is 781. The molecule has 2 aromatic rings. The number of halogens is 1. The van der Waals surface area contributed by atoms with Gasteiger partial charge < -0.3 is 15.7 Å². The van der Waals surface area contributed by atoms with Crippen LogP contribution < -0.4 is 10.6 Å². The standard InChI is InChI=1S/C17H14ClN3O2/c18-14-6-2-1-5-12(14)10-21-17(23)13(9-19)11-20-15-7-3-4-8-16(15)22/h1-8,11,20,22H,10H2,(H,21,23)/b13-11-. The molecular formula is C17H14ClN3O2. The molecule has 2 rings (SSSR count). The van der Waals surface area contributed by atoms with Gasteiger partial charge in [0.05, 0.1) is 5.69 Å². The lowest BCUT2D eigenvalue weighted by Gasteiger charge is -2.07. The average molecular weight is 328 g/mol. The lowest BCUT2D eigenvalue weighted by Crippen LogP contribution is -2.24. The summed E-state index contributed by atoms with van der Waals surface area (Å²) in [7, 11) is 0. The summed E-state index contributed by atoms with van der Waals surface area (Å²) in [4.78, 5) is 12.0. The molecule has 0 unspecified atom stereocenters. The summed E-state index contributed by atoms with van der Waals surface area (Å²) in [5, 5.41) is 24.6. The van der Waals surface area contributed by atoms with Crippen LogP contribution in [0, 0.1) is 11.3 Å². The average Bonchev–Trinajstić information content (AvgIpc) is 2.56. The molecule has 0 atom stereocenters. The van der Waals surface area contributed by atoms with Crippen molar-refractivity contribution in [1.29, 1.82) is 5.26 Å². The minimum atomic E-state index is -0.532. The fraction of sp³-hybridized carbons (Fsp3) is 0.0588. The number of nitriles is 1. The van der Waals surface area contributed by atoms with E-state index in [9.17, 15) is 9.90 Å². The number of benzene rings is 2. The van der Waals surface area contributed by atoms with Crippen molar-refractivity contribution in [2.75, 3.05) is 5.32 Å². The number of phenols is 1. The Morgan fingerprint density at radius 3 is 2.61 bits per heavy atom. The number of phenolic OH excluding ortho intramolecular Hbond substituents is 1. The summed E-state index contributed by atoms with van der Waals surface area (Å²) in [5.41, 5.74) is 1.05. The minimum absolute atomic E-state index is 0.0255. The lowest BCUT2D eigenvalue weighted by atomic mass is 10.2. The van der Waals surface area contributed by atoms with Crippen LogP contribution in [-0.2, 0) is 11.3 Å². The first kappa shape index (κ1) is 16.4. The van der Waals surface area contributed by atoms with Crippen LogP contribution in [0.2, 0.25) is 5.02 Å². The second-order valence-electron chi connectivity index (χ2n) is 4.61. The normalized spacial score (nSPS) is 10.7. The molecule has 1 amide bonds. The number of amides is 1. The Balaban J connectivity index is 2.01. The molecule has 5 nitrogen and oxygen atoms in total. The van der Waals surface area contributed by atoms with Gasteiger partial charge in [-0.3, -0.25) is 4.79 Å². The summed E-state index contributed by atoms with van der Waals surface area (Å²) in [6, 6.07) is 15.5. The highest BCUT2D eigenvalue weighted by Crippen LogP contribution is 2.21. The zero-order valence-corrected chi connectivity index (χ0v) is 12.8. The van der Waals surface area contributed by atoms with Gasteiger partial charge >= 0.3 is 0 Å². The second-order valence-corrected chi connectivity index (χ2v) is 5.01. The molecule has 0 bridgehead atoms. The van der Waals surface area contributed by atoms with Crippen LogP contribution in [0.25, 0.3) is 0 Å². The summed E-state index contributed by atoms with van der Waals surface area (Å²) in [6.45, 7) is 0.216. The largest absolute Gasteiger partial charge is 0.506 e. The van der Waals surface area contributed by atoms with Gasteiger partial charge in [-0.2, -0.15) is 5.26 Å². The van der Waals surface area contributed by atoms with Gasteiger partial charge in [0.2, 0.25) is 0 Å². The van der Waals surface area contributed by atoms with Crippen molar-refractivity contribution in [3.8, 4) is 11.8 Å². The van der Waals surface area contributed by atoms with Crippen molar-refractivity contribution < 1.29 is 9.90 Å². The van der Waals surface area contributed by atoms with Gasteiger partial charge in [0, 0.05) is 17.8 Å². The molecule has 23 heavy (non-hydrogen) atoms. The van der Waals surface area contributed by atoms with Gasteiger partial charge in [0.25, 0.3) is 5.91 Å². The number of hydrogen-bond acceptors (Lipinski definition) is 4. The number of carbonyl (C=O) groups excluding carboxylic acids is 1. The Labute approximate surface area is 138 Å². The van der Waals surface area contributed by atoms with E-state index in [4.69, 9.17) is 16.9 Å². The summed E-state index contributed by atoms with van der Waals surface area (Å²) >= 11 is 6.01. The molecular weight excluding hydrogens is 314 g/mol.